The minimum absolute atomic E-state index is 0.0902. The van der Waals surface area contributed by atoms with Crippen molar-refractivity contribution in [1.82, 2.24) is 5.32 Å². The average Bonchev–Trinajstić information content (AvgIpc) is 2.61. The Morgan fingerprint density at radius 2 is 1.81 bits per heavy atom. The predicted molar refractivity (Wildman–Crippen MR) is 95.1 cm³/mol. The molecule has 26 heavy (non-hydrogen) atoms. The van der Waals surface area contributed by atoms with Crippen LogP contribution in [0.4, 0.5) is 13.6 Å². The van der Waals surface area contributed by atoms with Crippen LogP contribution >= 0.6 is 0 Å². The molecule has 0 aliphatic carbocycles. The zero-order valence-electron chi connectivity index (χ0n) is 14.2. The number of nitrogens with one attached hydrogen (secondary N) is 1. The molecule has 2 aromatic rings. The Kier molecular flexibility index (Phi) is 6.82. The second kappa shape index (κ2) is 8.86. The third-order valence-corrected chi connectivity index (χ3v) is 5.13. The van der Waals surface area contributed by atoms with Crippen molar-refractivity contribution in [2.45, 2.75) is 30.5 Å². The first-order chi connectivity index (χ1) is 12.3. The third-order valence-electron chi connectivity index (χ3n) is 3.59. The number of ether oxygens (including phenoxy) is 1. The van der Waals surface area contributed by atoms with Gasteiger partial charge in [-0.1, -0.05) is 48.0 Å². The fourth-order valence-corrected chi connectivity index (χ4v) is 3.33. The van der Waals surface area contributed by atoms with Gasteiger partial charge in [-0.25, -0.2) is 13.6 Å². The topological polar surface area (TPSA) is 81.4 Å². The molecule has 140 valence electrons. The van der Waals surface area contributed by atoms with Crippen molar-refractivity contribution < 1.29 is 22.5 Å². The number of carbonyl (C=O) groups is 1. The largest absolute Gasteiger partial charge is 0.445 e. The molecule has 3 N–H and O–H groups in total. The first kappa shape index (κ1) is 20.0. The van der Waals surface area contributed by atoms with Gasteiger partial charge in [0.25, 0.3) is 6.43 Å². The van der Waals surface area contributed by atoms with Crippen LogP contribution in [0.5, 0.6) is 0 Å². The summed E-state index contributed by atoms with van der Waals surface area (Å²) >= 11 is 0. The lowest BCUT2D eigenvalue weighted by molar-refractivity contribution is 0.0397. The van der Waals surface area contributed by atoms with Gasteiger partial charge in [-0.15, -0.1) is 0 Å². The second-order valence-electron chi connectivity index (χ2n) is 5.83. The summed E-state index contributed by atoms with van der Waals surface area (Å²) in [5.74, 6) is -0.645. The van der Waals surface area contributed by atoms with Crippen LogP contribution in [0.2, 0.25) is 0 Å². The van der Waals surface area contributed by atoms with E-state index in [4.69, 9.17) is 10.5 Å². The average molecular weight is 382 g/mol. The molecular formula is C18H20F2N2O3S. The minimum Gasteiger partial charge on any atom is -0.445 e. The Bertz CT molecular complexity index is 757. The van der Waals surface area contributed by atoms with Crippen LogP contribution in [0, 0.1) is 6.92 Å². The van der Waals surface area contributed by atoms with Crippen molar-refractivity contribution in [2.75, 3.05) is 5.75 Å². The lowest BCUT2D eigenvalue weighted by Gasteiger charge is -2.28. The van der Waals surface area contributed by atoms with Crippen molar-refractivity contribution in [3.63, 3.8) is 0 Å². The van der Waals surface area contributed by atoms with Crippen LogP contribution in [0.3, 0.4) is 0 Å². The van der Waals surface area contributed by atoms with E-state index < -0.39 is 34.7 Å². The first-order valence-corrected chi connectivity index (χ1v) is 9.13. The van der Waals surface area contributed by atoms with Crippen LogP contribution in [0.15, 0.2) is 59.5 Å². The molecule has 0 bridgehead atoms. The third kappa shape index (κ3) is 5.60. The standard InChI is InChI=1S/C18H20F2N2O3S/c1-13-7-9-15(10-8-13)26(24)12-18(21,16(19)20)22-17(23)25-11-14-5-3-2-4-6-14/h2-10,16H,11-12,21H2,1H3,(H,22,23)/t18-,26+/m0/s1. The van der Waals surface area contributed by atoms with Crippen LogP contribution < -0.4 is 11.1 Å². The van der Waals surface area contributed by atoms with Gasteiger partial charge in [0, 0.05) is 4.90 Å². The maximum absolute atomic E-state index is 13.4. The van der Waals surface area contributed by atoms with Crippen LogP contribution in [-0.4, -0.2) is 28.1 Å². The van der Waals surface area contributed by atoms with Gasteiger partial charge in [0.1, 0.15) is 6.61 Å². The molecule has 1 amide bonds. The summed E-state index contributed by atoms with van der Waals surface area (Å²) in [6, 6.07) is 15.3. The summed E-state index contributed by atoms with van der Waals surface area (Å²) in [5.41, 5.74) is 4.80. The zero-order valence-corrected chi connectivity index (χ0v) is 15.0. The van der Waals surface area contributed by atoms with E-state index in [1.165, 1.54) is 0 Å². The molecule has 0 unspecified atom stereocenters. The highest BCUT2D eigenvalue weighted by Crippen LogP contribution is 2.17. The normalized spacial score (nSPS) is 14.5. The summed E-state index contributed by atoms with van der Waals surface area (Å²) in [6.45, 7) is 1.76. The highest BCUT2D eigenvalue weighted by molar-refractivity contribution is 7.85. The second-order valence-corrected chi connectivity index (χ2v) is 7.28. The van der Waals surface area contributed by atoms with Crippen molar-refractivity contribution >= 4 is 16.9 Å². The molecule has 0 saturated carbocycles. The highest BCUT2D eigenvalue weighted by atomic mass is 32.2. The number of benzene rings is 2. The van der Waals surface area contributed by atoms with Crippen LogP contribution in [0.1, 0.15) is 11.1 Å². The number of hydrogen-bond donors (Lipinski definition) is 2. The van der Waals surface area contributed by atoms with Gasteiger partial charge in [-0.05, 0) is 24.6 Å². The zero-order chi connectivity index (χ0) is 19.2. The van der Waals surface area contributed by atoms with Gasteiger partial charge in [-0.2, -0.15) is 0 Å². The lowest BCUT2D eigenvalue weighted by atomic mass is 10.2. The molecule has 0 aromatic heterocycles. The molecule has 8 heteroatoms. The Morgan fingerprint density at radius 3 is 2.38 bits per heavy atom. The molecule has 2 rings (SSSR count). The number of alkyl carbamates (subject to hydrolysis) is 1. The fourth-order valence-electron chi connectivity index (χ4n) is 2.09. The quantitative estimate of drug-likeness (QED) is 0.722. The molecule has 2 atom stereocenters. The maximum Gasteiger partial charge on any atom is 0.409 e. The maximum atomic E-state index is 13.4. The lowest BCUT2D eigenvalue weighted by Crippen LogP contribution is -2.64. The van der Waals surface area contributed by atoms with E-state index in [2.05, 4.69) is 0 Å². The van der Waals surface area contributed by atoms with Crippen molar-refractivity contribution in [3.05, 3.63) is 65.7 Å². The summed E-state index contributed by atoms with van der Waals surface area (Å²) in [7, 11) is -1.81. The number of halogens is 2. The van der Waals surface area contributed by atoms with Crippen LogP contribution in [-0.2, 0) is 22.1 Å². The number of nitrogens with two attached hydrogens (primary N) is 1. The number of aryl methyl sites for hydroxylation is 1. The van der Waals surface area contributed by atoms with E-state index in [1.54, 1.807) is 54.6 Å². The summed E-state index contributed by atoms with van der Waals surface area (Å²) in [4.78, 5) is 12.2. The summed E-state index contributed by atoms with van der Waals surface area (Å²) < 4.78 is 44.1. The van der Waals surface area contributed by atoms with Gasteiger partial charge >= 0.3 is 6.09 Å². The van der Waals surface area contributed by atoms with Gasteiger partial charge in [-0.3, -0.25) is 9.53 Å². The van der Waals surface area contributed by atoms with Gasteiger partial charge in [0.15, 0.2) is 5.66 Å². The minimum atomic E-state index is -3.12. The van der Waals surface area contributed by atoms with E-state index in [0.29, 0.717) is 10.5 Å². The van der Waals surface area contributed by atoms with Gasteiger partial charge in [0.2, 0.25) is 0 Å². The molecule has 2 aromatic carbocycles. The van der Waals surface area contributed by atoms with E-state index in [1.807, 2.05) is 12.2 Å². The molecule has 0 fully saturated rings. The van der Waals surface area contributed by atoms with E-state index in [0.717, 1.165) is 5.56 Å². The molecule has 0 radical (unpaired) electrons. The Labute approximate surface area is 153 Å². The molecular weight excluding hydrogens is 362 g/mol. The monoisotopic (exact) mass is 382 g/mol. The van der Waals surface area contributed by atoms with Crippen molar-refractivity contribution in [1.29, 1.82) is 0 Å². The Hall–Kier alpha value is -2.32. The van der Waals surface area contributed by atoms with Crippen LogP contribution in [0.25, 0.3) is 0 Å². The molecule has 5 nitrogen and oxygen atoms in total. The number of carbonyl (C=O) groups excluding carboxylic acids is 1. The SMILES string of the molecule is Cc1ccc([S@](=O)C[C@](N)(NC(=O)OCc2ccccc2)C(F)F)cc1. The van der Waals surface area contributed by atoms with E-state index >= 15 is 0 Å². The number of alkyl halides is 2. The first-order valence-electron chi connectivity index (χ1n) is 7.81. The van der Waals surface area contributed by atoms with E-state index in [9.17, 15) is 17.8 Å². The summed E-state index contributed by atoms with van der Waals surface area (Å²) in [6.07, 6.45) is -4.22. The predicted octanol–water partition coefficient (Wildman–Crippen LogP) is 2.95. The smallest absolute Gasteiger partial charge is 0.409 e. The number of amides is 1. The van der Waals surface area contributed by atoms with Gasteiger partial charge < -0.3 is 10.5 Å². The Balaban J connectivity index is 2.00. The van der Waals surface area contributed by atoms with E-state index in [-0.39, 0.29) is 6.61 Å². The van der Waals surface area contributed by atoms with Gasteiger partial charge in [0.05, 0.1) is 16.6 Å². The van der Waals surface area contributed by atoms with Crippen molar-refractivity contribution in [3.8, 4) is 0 Å². The highest BCUT2D eigenvalue weighted by Gasteiger charge is 2.40. The molecule has 0 heterocycles. The Morgan fingerprint density at radius 1 is 1.19 bits per heavy atom. The summed E-state index contributed by atoms with van der Waals surface area (Å²) in [5, 5.41) is 1.95. The molecule has 0 aliphatic rings. The fraction of sp³-hybridized carbons (Fsp3) is 0.278. The molecule has 0 spiro atoms. The number of hydrogen-bond acceptors (Lipinski definition) is 4. The molecule has 0 saturated heterocycles. The van der Waals surface area contributed by atoms with Crippen molar-refractivity contribution in [2.24, 2.45) is 5.73 Å². The molecule has 0 aliphatic heterocycles. The number of rotatable bonds is 7.